The van der Waals surface area contributed by atoms with Gasteiger partial charge in [0.15, 0.2) is 9.84 Å². The molecule has 0 unspecified atom stereocenters. The van der Waals surface area contributed by atoms with Gasteiger partial charge in [0.2, 0.25) is 0 Å². The fourth-order valence-electron chi connectivity index (χ4n) is 1.96. The Labute approximate surface area is 135 Å². The second-order valence-corrected chi connectivity index (χ2v) is 7.32. The number of benzene rings is 2. The summed E-state index contributed by atoms with van der Waals surface area (Å²) in [6.07, 6.45) is 1.78. The first-order valence-electron chi connectivity index (χ1n) is 6.69. The molecule has 1 amide bonds. The quantitative estimate of drug-likeness (QED) is 0.912. The summed E-state index contributed by atoms with van der Waals surface area (Å²) in [5, 5.41) is 3.21. The molecule has 0 aliphatic heterocycles. The summed E-state index contributed by atoms with van der Waals surface area (Å²) in [5.74, 6) is -0.224. The number of carbonyl (C=O) groups excluding carboxylic acids is 1. The lowest BCUT2D eigenvalue weighted by molar-refractivity contribution is 0.0954. The summed E-state index contributed by atoms with van der Waals surface area (Å²) in [5.41, 5.74) is 1.39. The molecule has 2 aromatic rings. The normalized spacial score (nSPS) is 11.2. The second kappa shape index (κ2) is 6.94. The van der Waals surface area contributed by atoms with E-state index in [-0.39, 0.29) is 10.8 Å². The third-order valence-corrected chi connectivity index (χ3v) is 4.63. The Bertz CT molecular complexity index is 770. The number of hydrogen-bond donors (Lipinski definition) is 1. The predicted molar refractivity (Wildman–Crippen MR) is 87.0 cm³/mol. The van der Waals surface area contributed by atoms with Crippen molar-refractivity contribution in [3.63, 3.8) is 0 Å². The minimum absolute atomic E-state index is 0.224. The van der Waals surface area contributed by atoms with Gasteiger partial charge in [-0.1, -0.05) is 35.9 Å². The molecule has 0 aliphatic rings. The van der Waals surface area contributed by atoms with Crippen molar-refractivity contribution in [3.05, 3.63) is 64.7 Å². The Kier molecular flexibility index (Phi) is 5.21. The molecule has 0 saturated carbocycles. The molecule has 116 valence electrons. The van der Waals surface area contributed by atoms with E-state index in [1.54, 1.807) is 48.5 Å². The van der Waals surface area contributed by atoms with Crippen molar-refractivity contribution in [1.29, 1.82) is 0 Å². The molecule has 0 atom stereocenters. The van der Waals surface area contributed by atoms with Crippen LogP contribution in [0.5, 0.6) is 0 Å². The molecule has 0 heterocycles. The van der Waals surface area contributed by atoms with E-state index in [0.717, 1.165) is 5.56 Å². The van der Waals surface area contributed by atoms with Crippen LogP contribution in [0, 0.1) is 0 Å². The van der Waals surface area contributed by atoms with Gasteiger partial charge in [-0.25, -0.2) is 8.42 Å². The zero-order valence-electron chi connectivity index (χ0n) is 12.0. The number of halogens is 1. The molecule has 0 fully saturated rings. The van der Waals surface area contributed by atoms with Crippen LogP contribution in [-0.2, 0) is 16.3 Å². The molecule has 0 radical (unpaired) electrons. The molecule has 2 aromatic carbocycles. The molecular formula is C16H16ClNO3S. The van der Waals surface area contributed by atoms with Crippen LogP contribution in [-0.4, -0.2) is 27.1 Å². The van der Waals surface area contributed by atoms with Crippen molar-refractivity contribution in [2.24, 2.45) is 0 Å². The van der Waals surface area contributed by atoms with Crippen LogP contribution < -0.4 is 5.32 Å². The summed E-state index contributed by atoms with van der Waals surface area (Å²) in [6.45, 7) is 0.447. The molecule has 0 aliphatic carbocycles. The van der Waals surface area contributed by atoms with Gasteiger partial charge in [-0.3, -0.25) is 4.79 Å². The van der Waals surface area contributed by atoms with E-state index in [2.05, 4.69) is 5.32 Å². The van der Waals surface area contributed by atoms with Crippen molar-refractivity contribution in [1.82, 2.24) is 5.32 Å². The van der Waals surface area contributed by atoms with Gasteiger partial charge in [-0.15, -0.1) is 0 Å². The van der Waals surface area contributed by atoms with Gasteiger partial charge in [0.1, 0.15) is 0 Å². The van der Waals surface area contributed by atoms with Gasteiger partial charge in [-0.2, -0.15) is 0 Å². The smallest absolute Gasteiger partial charge is 0.252 e. The zero-order valence-corrected chi connectivity index (χ0v) is 13.6. The van der Waals surface area contributed by atoms with Gasteiger partial charge in [0.25, 0.3) is 5.91 Å². The number of hydrogen-bond acceptors (Lipinski definition) is 3. The van der Waals surface area contributed by atoms with Crippen molar-refractivity contribution in [3.8, 4) is 0 Å². The third kappa shape index (κ3) is 4.32. The zero-order chi connectivity index (χ0) is 16.2. The third-order valence-electron chi connectivity index (χ3n) is 3.17. The first kappa shape index (κ1) is 16.5. The van der Waals surface area contributed by atoms with Gasteiger partial charge in [-0.05, 0) is 36.2 Å². The fourth-order valence-corrected chi connectivity index (χ4v) is 2.82. The molecular weight excluding hydrogens is 322 g/mol. The predicted octanol–water partition coefficient (Wildman–Crippen LogP) is 2.72. The lowest BCUT2D eigenvalue weighted by Crippen LogP contribution is -2.25. The maximum atomic E-state index is 12.0. The van der Waals surface area contributed by atoms with E-state index in [9.17, 15) is 13.2 Å². The maximum Gasteiger partial charge on any atom is 0.252 e. The molecule has 0 saturated heterocycles. The Hall–Kier alpha value is -1.85. The second-order valence-electron chi connectivity index (χ2n) is 4.90. The summed E-state index contributed by atoms with van der Waals surface area (Å²) >= 11 is 5.96. The highest BCUT2D eigenvalue weighted by atomic mass is 35.5. The highest BCUT2D eigenvalue weighted by molar-refractivity contribution is 7.90. The van der Waals surface area contributed by atoms with E-state index >= 15 is 0 Å². The molecule has 6 heteroatoms. The van der Waals surface area contributed by atoms with Gasteiger partial charge < -0.3 is 5.32 Å². The van der Waals surface area contributed by atoms with Gasteiger partial charge in [0.05, 0.1) is 15.5 Å². The van der Waals surface area contributed by atoms with E-state index in [4.69, 9.17) is 11.6 Å². The van der Waals surface area contributed by atoms with Crippen molar-refractivity contribution in [2.45, 2.75) is 11.3 Å². The number of nitrogens with one attached hydrogen (secondary N) is 1. The summed E-state index contributed by atoms with van der Waals surface area (Å²) in [7, 11) is -3.18. The molecule has 4 nitrogen and oxygen atoms in total. The first-order valence-corrected chi connectivity index (χ1v) is 8.96. The first-order chi connectivity index (χ1) is 10.4. The van der Waals surface area contributed by atoms with Crippen molar-refractivity contribution >= 4 is 27.3 Å². The van der Waals surface area contributed by atoms with Crippen LogP contribution >= 0.6 is 11.6 Å². The lowest BCUT2D eigenvalue weighted by Gasteiger charge is -2.07. The Balaban J connectivity index is 1.92. The summed E-state index contributed by atoms with van der Waals surface area (Å²) in [4.78, 5) is 12.3. The Morgan fingerprint density at radius 2 is 1.73 bits per heavy atom. The topological polar surface area (TPSA) is 63.2 Å². The Morgan fingerprint density at radius 1 is 1.09 bits per heavy atom. The van der Waals surface area contributed by atoms with E-state index < -0.39 is 9.84 Å². The lowest BCUT2D eigenvalue weighted by atomic mass is 10.1. The van der Waals surface area contributed by atoms with Gasteiger partial charge >= 0.3 is 0 Å². The highest BCUT2D eigenvalue weighted by Crippen LogP contribution is 2.14. The largest absolute Gasteiger partial charge is 0.352 e. The van der Waals surface area contributed by atoms with Crippen LogP contribution in [0.25, 0.3) is 0 Å². The summed E-state index contributed by atoms with van der Waals surface area (Å²) in [6, 6.07) is 13.5. The summed E-state index contributed by atoms with van der Waals surface area (Å²) < 4.78 is 22.7. The number of amides is 1. The van der Waals surface area contributed by atoms with Crippen LogP contribution in [0.1, 0.15) is 15.9 Å². The van der Waals surface area contributed by atoms with E-state index in [1.165, 1.54) is 6.26 Å². The SMILES string of the molecule is CS(=O)(=O)c1ccc(CCNC(=O)c2ccccc2Cl)cc1. The molecule has 1 N–H and O–H groups in total. The number of rotatable bonds is 5. The molecule has 0 spiro atoms. The van der Waals surface area contributed by atoms with E-state index in [0.29, 0.717) is 23.6 Å². The standard InChI is InChI=1S/C16H16ClNO3S/c1-22(20,21)13-8-6-12(7-9-13)10-11-18-16(19)14-4-2-3-5-15(14)17/h2-9H,10-11H2,1H3,(H,18,19). The molecule has 2 rings (SSSR count). The average molecular weight is 338 g/mol. The molecule has 0 bridgehead atoms. The Morgan fingerprint density at radius 3 is 2.32 bits per heavy atom. The molecule has 22 heavy (non-hydrogen) atoms. The molecule has 0 aromatic heterocycles. The van der Waals surface area contributed by atoms with Crippen molar-refractivity contribution < 1.29 is 13.2 Å². The van der Waals surface area contributed by atoms with Crippen molar-refractivity contribution in [2.75, 3.05) is 12.8 Å². The van der Waals surface area contributed by atoms with Crippen LogP contribution in [0.3, 0.4) is 0 Å². The number of carbonyl (C=O) groups is 1. The highest BCUT2D eigenvalue weighted by Gasteiger charge is 2.09. The van der Waals surface area contributed by atoms with Crippen LogP contribution in [0.15, 0.2) is 53.4 Å². The average Bonchev–Trinajstić information content (AvgIpc) is 2.47. The van der Waals surface area contributed by atoms with E-state index in [1.807, 2.05) is 0 Å². The van der Waals surface area contributed by atoms with Crippen LogP contribution in [0.4, 0.5) is 0 Å². The minimum atomic E-state index is -3.18. The minimum Gasteiger partial charge on any atom is -0.352 e. The monoisotopic (exact) mass is 337 g/mol. The maximum absolute atomic E-state index is 12.0. The van der Waals surface area contributed by atoms with Gasteiger partial charge in [0, 0.05) is 12.8 Å². The fraction of sp³-hybridized carbons (Fsp3) is 0.188. The number of sulfone groups is 1. The van der Waals surface area contributed by atoms with Crippen LogP contribution in [0.2, 0.25) is 5.02 Å².